The first kappa shape index (κ1) is 20.5. The summed E-state index contributed by atoms with van der Waals surface area (Å²) in [5.74, 6) is -1.34. The number of carbonyl (C=O) groups excluding carboxylic acids is 1. The molecule has 0 unspecified atom stereocenters. The number of nitrogens with two attached hydrogens (primary N) is 2. The van der Waals surface area contributed by atoms with Crippen LogP contribution in [0.4, 0.5) is 16.0 Å². The van der Waals surface area contributed by atoms with Gasteiger partial charge in [0.15, 0.2) is 11.6 Å². The minimum Gasteiger partial charge on any atom is -0.393 e. The molecule has 2 aliphatic rings. The Labute approximate surface area is 168 Å². The highest BCUT2D eigenvalue weighted by Crippen LogP contribution is 2.27. The number of hydrogen-bond donors (Lipinski definition) is 6. The number of carbonyl (C=O) groups is 1. The summed E-state index contributed by atoms with van der Waals surface area (Å²) in [4.78, 5) is 16.2. The van der Waals surface area contributed by atoms with E-state index in [1.165, 1.54) is 0 Å². The average Bonchev–Trinajstić information content (AvgIpc) is 2.68. The Balaban J connectivity index is 1.95. The Bertz CT molecular complexity index is 906. The third-order valence-corrected chi connectivity index (χ3v) is 5.03. The smallest absolute Gasteiger partial charge is 0.252 e. The first-order chi connectivity index (χ1) is 13.9. The van der Waals surface area contributed by atoms with Crippen molar-refractivity contribution in [3.8, 4) is 0 Å². The van der Waals surface area contributed by atoms with Crippen molar-refractivity contribution in [3.63, 3.8) is 0 Å². The molecular formula is C20H26FN7O. The molecule has 0 aromatic carbocycles. The van der Waals surface area contributed by atoms with E-state index < -0.39 is 11.7 Å². The minimum absolute atomic E-state index is 0.0148. The number of halogens is 1. The van der Waals surface area contributed by atoms with Gasteiger partial charge < -0.3 is 32.8 Å². The molecule has 3 rings (SSSR count). The maximum atomic E-state index is 14.6. The van der Waals surface area contributed by atoms with Gasteiger partial charge in [-0.25, -0.2) is 9.37 Å². The summed E-state index contributed by atoms with van der Waals surface area (Å²) >= 11 is 0. The van der Waals surface area contributed by atoms with Gasteiger partial charge in [-0.15, -0.1) is 0 Å². The fourth-order valence-electron chi connectivity index (χ4n) is 3.49. The standard InChI is InChI=1S/C20H26FN7O/c1-25-10-12-14(22)6-4-8-16(12)26-19-11(18(24)29)9-13(21)20(28-19)27-17-7-3-2-5-15(17)23/h4,6,8-10,15,17,22,25H,2-3,5,7,23H2,1H3,(H2,24,29)(H2,26,27,28)/b12-10+,22-14?/t15-,17+/m0/s1. The maximum Gasteiger partial charge on any atom is 0.252 e. The molecule has 1 fully saturated rings. The Morgan fingerprint density at radius 1 is 1.34 bits per heavy atom. The number of allylic oxidation sites excluding steroid dienone is 4. The maximum absolute atomic E-state index is 14.6. The van der Waals surface area contributed by atoms with Gasteiger partial charge in [-0.05, 0) is 31.1 Å². The van der Waals surface area contributed by atoms with Crippen molar-refractivity contribution < 1.29 is 9.18 Å². The van der Waals surface area contributed by atoms with Crippen LogP contribution in [-0.2, 0) is 0 Å². The molecule has 8 nitrogen and oxygen atoms in total. The molecule has 0 spiro atoms. The van der Waals surface area contributed by atoms with Crippen LogP contribution in [0.5, 0.6) is 0 Å². The highest BCUT2D eigenvalue weighted by molar-refractivity contribution is 6.11. The fourth-order valence-corrected chi connectivity index (χ4v) is 3.49. The quantitative estimate of drug-likeness (QED) is 0.432. The number of amides is 1. The van der Waals surface area contributed by atoms with Crippen LogP contribution < -0.4 is 27.4 Å². The molecule has 1 amide bonds. The molecule has 0 radical (unpaired) electrons. The van der Waals surface area contributed by atoms with Gasteiger partial charge in [0.2, 0.25) is 0 Å². The molecule has 0 saturated heterocycles. The fraction of sp³-hybridized carbons (Fsp3) is 0.350. The Kier molecular flexibility index (Phi) is 6.28. The van der Waals surface area contributed by atoms with Crippen molar-refractivity contribution in [3.05, 3.63) is 53.1 Å². The van der Waals surface area contributed by atoms with Crippen molar-refractivity contribution in [2.45, 2.75) is 37.8 Å². The van der Waals surface area contributed by atoms with Gasteiger partial charge in [0, 0.05) is 30.9 Å². The van der Waals surface area contributed by atoms with Gasteiger partial charge >= 0.3 is 0 Å². The van der Waals surface area contributed by atoms with E-state index in [1.54, 1.807) is 31.5 Å². The number of pyridine rings is 1. The zero-order valence-corrected chi connectivity index (χ0v) is 16.3. The van der Waals surface area contributed by atoms with Crippen LogP contribution in [0, 0.1) is 11.2 Å². The first-order valence-corrected chi connectivity index (χ1v) is 9.55. The minimum atomic E-state index is -0.805. The SMILES string of the molecule is CN/C=C1\C(=N)C=CC=C1Nc1nc(N[C@@H]2CCCC[C@@H]2N)c(F)cc1C(N)=O. The predicted molar refractivity (Wildman–Crippen MR) is 112 cm³/mol. The number of anilines is 2. The van der Waals surface area contributed by atoms with E-state index in [0.29, 0.717) is 11.3 Å². The van der Waals surface area contributed by atoms with Crippen LogP contribution >= 0.6 is 0 Å². The average molecular weight is 399 g/mol. The Morgan fingerprint density at radius 2 is 2.10 bits per heavy atom. The number of primary amides is 1. The lowest BCUT2D eigenvalue weighted by Gasteiger charge is -2.30. The lowest BCUT2D eigenvalue weighted by Crippen LogP contribution is -2.43. The summed E-state index contributed by atoms with van der Waals surface area (Å²) in [6.07, 6.45) is 10.5. The van der Waals surface area contributed by atoms with Gasteiger partial charge in [0.1, 0.15) is 5.82 Å². The molecule has 29 heavy (non-hydrogen) atoms. The second-order valence-corrected chi connectivity index (χ2v) is 7.10. The number of nitrogens with one attached hydrogen (secondary N) is 4. The van der Waals surface area contributed by atoms with E-state index in [9.17, 15) is 9.18 Å². The van der Waals surface area contributed by atoms with Crippen LogP contribution in [0.15, 0.2) is 41.8 Å². The Hall–Kier alpha value is -3.20. The highest BCUT2D eigenvalue weighted by Gasteiger charge is 2.25. The van der Waals surface area contributed by atoms with E-state index in [0.717, 1.165) is 31.7 Å². The van der Waals surface area contributed by atoms with E-state index in [4.69, 9.17) is 16.9 Å². The molecule has 1 saturated carbocycles. The number of nitrogens with zero attached hydrogens (tertiary/aromatic N) is 1. The third-order valence-electron chi connectivity index (χ3n) is 5.03. The zero-order chi connectivity index (χ0) is 21.0. The van der Waals surface area contributed by atoms with Crippen molar-refractivity contribution >= 4 is 23.3 Å². The molecule has 1 aromatic rings. The third kappa shape index (κ3) is 4.62. The van der Waals surface area contributed by atoms with E-state index in [-0.39, 0.29) is 35.0 Å². The molecule has 1 heterocycles. The molecular weight excluding hydrogens is 373 g/mol. The highest BCUT2D eigenvalue weighted by atomic mass is 19.1. The van der Waals surface area contributed by atoms with Gasteiger partial charge in [-0.3, -0.25) is 4.79 Å². The van der Waals surface area contributed by atoms with Gasteiger partial charge in [-0.2, -0.15) is 0 Å². The van der Waals surface area contributed by atoms with Gasteiger partial charge in [0.25, 0.3) is 5.91 Å². The summed E-state index contributed by atoms with van der Waals surface area (Å²) in [5, 5.41) is 17.1. The number of hydrogen-bond acceptors (Lipinski definition) is 7. The van der Waals surface area contributed by atoms with E-state index >= 15 is 0 Å². The summed E-state index contributed by atoms with van der Waals surface area (Å²) in [6, 6.07) is 0.886. The van der Waals surface area contributed by atoms with Crippen LogP contribution in [0.2, 0.25) is 0 Å². The predicted octanol–water partition coefficient (Wildman–Crippen LogP) is 1.99. The first-order valence-electron chi connectivity index (χ1n) is 9.55. The summed E-state index contributed by atoms with van der Waals surface area (Å²) < 4.78 is 14.6. The van der Waals surface area contributed by atoms with Crippen LogP contribution in [0.1, 0.15) is 36.0 Å². The molecule has 2 atom stereocenters. The lowest BCUT2D eigenvalue weighted by molar-refractivity contribution is 0.100. The van der Waals surface area contributed by atoms with Crippen molar-refractivity contribution in [1.82, 2.24) is 10.3 Å². The summed E-state index contributed by atoms with van der Waals surface area (Å²) in [5.41, 5.74) is 12.9. The monoisotopic (exact) mass is 399 g/mol. The molecule has 0 aliphatic heterocycles. The second-order valence-electron chi connectivity index (χ2n) is 7.10. The van der Waals surface area contributed by atoms with Gasteiger partial charge in [-0.1, -0.05) is 18.9 Å². The second kappa shape index (κ2) is 8.87. The molecule has 2 aliphatic carbocycles. The van der Waals surface area contributed by atoms with Crippen molar-refractivity contribution in [2.75, 3.05) is 17.7 Å². The molecule has 9 heteroatoms. The Morgan fingerprint density at radius 3 is 2.79 bits per heavy atom. The molecule has 8 N–H and O–H groups in total. The normalized spacial score (nSPS) is 22.9. The van der Waals surface area contributed by atoms with Crippen molar-refractivity contribution in [1.29, 1.82) is 5.41 Å². The van der Waals surface area contributed by atoms with E-state index in [1.807, 2.05) is 0 Å². The number of rotatable bonds is 6. The molecule has 1 aromatic heterocycles. The van der Waals surface area contributed by atoms with Gasteiger partial charge in [0.05, 0.1) is 17.0 Å². The van der Waals surface area contributed by atoms with Crippen LogP contribution in [-0.4, -0.2) is 35.7 Å². The van der Waals surface area contributed by atoms with Crippen LogP contribution in [0.25, 0.3) is 0 Å². The molecule has 0 bridgehead atoms. The number of aromatic nitrogens is 1. The summed E-state index contributed by atoms with van der Waals surface area (Å²) in [7, 11) is 1.72. The topological polar surface area (TPSA) is 142 Å². The largest absolute Gasteiger partial charge is 0.393 e. The van der Waals surface area contributed by atoms with Crippen molar-refractivity contribution in [2.24, 2.45) is 11.5 Å². The molecule has 154 valence electrons. The van der Waals surface area contributed by atoms with Crippen LogP contribution in [0.3, 0.4) is 0 Å². The summed E-state index contributed by atoms with van der Waals surface area (Å²) in [6.45, 7) is 0. The van der Waals surface area contributed by atoms with E-state index in [2.05, 4.69) is 20.9 Å². The lowest BCUT2D eigenvalue weighted by atomic mass is 9.91. The zero-order valence-electron chi connectivity index (χ0n) is 16.3.